The largest absolute Gasteiger partial charge is 0.423 e. The van der Waals surface area contributed by atoms with E-state index in [1.54, 1.807) is 0 Å². The molecule has 2 nitrogen and oxygen atoms in total. The Balaban J connectivity index is 1.55. The first-order valence-electron chi connectivity index (χ1n) is 11.7. The smallest absolute Gasteiger partial charge is 0.343 e. The quantitative estimate of drug-likeness (QED) is 0.314. The van der Waals surface area contributed by atoms with E-state index in [1.165, 1.54) is 55.2 Å². The second-order valence-electron chi connectivity index (χ2n) is 8.83. The van der Waals surface area contributed by atoms with Gasteiger partial charge in [0.05, 0.1) is 5.56 Å². The van der Waals surface area contributed by atoms with E-state index in [9.17, 15) is 4.79 Å². The molecule has 1 aliphatic carbocycles. The highest BCUT2D eigenvalue weighted by Crippen LogP contribution is 2.34. The van der Waals surface area contributed by atoms with Gasteiger partial charge in [-0.1, -0.05) is 64.0 Å². The minimum Gasteiger partial charge on any atom is -0.423 e. The summed E-state index contributed by atoms with van der Waals surface area (Å²) in [5, 5.41) is 0. The zero-order valence-electron chi connectivity index (χ0n) is 18.8. The van der Waals surface area contributed by atoms with Crippen molar-refractivity contribution in [1.82, 2.24) is 0 Å². The second-order valence-corrected chi connectivity index (χ2v) is 8.83. The molecule has 2 aromatic rings. The van der Waals surface area contributed by atoms with E-state index in [2.05, 4.69) is 39.0 Å². The van der Waals surface area contributed by atoms with Crippen LogP contribution in [0.15, 0.2) is 54.6 Å². The van der Waals surface area contributed by atoms with Crippen molar-refractivity contribution in [2.24, 2.45) is 11.8 Å². The maximum absolute atomic E-state index is 12.5. The van der Waals surface area contributed by atoms with Gasteiger partial charge < -0.3 is 4.74 Å². The number of hydrogen-bond acceptors (Lipinski definition) is 2. The van der Waals surface area contributed by atoms with Crippen molar-refractivity contribution in [3.05, 3.63) is 71.3 Å². The van der Waals surface area contributed by atoms with E-state index in [4.69, 9.17) is 4.74 Å². The Morgan fingerprint density at radius 2 is 1.80 bits per heavy atom. The standard InChI is InChI=1S/C28H36O2/c1-4-6-7-22-10-18-27(19-11-22)30-28(29)26-16-14-25(15-17-26)24-12-8-23(9-13-24)20-21(3)5-2/h10-12,14-19,21,23H,4-9,13,20H2,1-3H3. The fourth-order valence-corrected chi connectivity index (χ4v) is 4.19. The number of allylic oxidation sites excluding steroid dienone is 2. The molecule has 2 unspecified atom stereocenters. The number of aryl methyl sites for hydroxylation is 1. The summed E-state index contributed by atoms with van der Waals surface area (Å²) < 4.78 is 5.55. The number of carbonyl (C=O) groups excluding carboxylic acids is 1. The molecular formula is C28H36O2. The molecule has 1 aliphatic rings. The summed E-state index contributed by atoms with van der Waals surface area (Å²) in [6, 6.07) is 15.8. The molecule has 2 atom stereocenters. The molecule has 2 heteroatoms. The Bertz CT molecular complexity index is 830. The van der Waals surface area contributed by atoms with Gasteiger partial charge in [0.25, 0.3) is 0 Å². The van der Waals surface area contributed by atoms with Crippen LogP contribution in [-0.4, -0.2) is 5.97 Å². The highest BCUT2D eigenvalue weighted by Gasteiger charge is 2.18. The molecule has 0 aliphatic heterocycles. The summed E-state index contributed by atoms with van der Waals surface area (Å²) in [7, 11) is 0. The summed E-state index contributed by atoms with van der Waals surface area (Å²) in [5.74, 6) is 1.95. The minimum absolute atomic E-state index is 0.297. The molecule has 0 amide bonds. The summed E-state index contributed by atoms with van der Waals surface area (Å²) in [6.07, 6.45) is 12.0. The van der Waals surface area contributed by atoms with Gasteiger partial charge in [0.2, 0.25) is 0 Å². The molecule has 30 heavy (non-hydrogen) atoms. The zero-order chi connectivity index (χ0) is 21.3. The molecule has 0 bridgehead atoms. The van der Waals surface area contributed by atoms with Gasteiger partial charge in [-0.2, -0.15) is 0 Å². The Kier molecular flexibility index (Phi) is 8.30. The number of carbonyl (C=O) groups is 1. The zero-order valence-corrected chi connectivity index (χ0v) is 18.8. The SMILES string of the molecule is CCCCc1ccc(OC(=O)c2ccc(C3=CCC(CC(C)CC)CC3)cc2)cc1. The van der Waals surface area contributed by atoms with Gasteiger partial charge in [-0.3, -0.25) is 0 Å². The van der Waals surface area contributed by atoms with Crippen LogP contribution in [0.1, 0.15) is 87.2 Å². The van der Waals surface area contributed by atoms with Crippen molar-refractivity contribution >= 4 is 11.5 Å². The molecule has 0 spiro atoms. The average Bonchev–Trinajstić information content (AvgIpc) is 2.79. The van der Waals surface area contributed by atoms with Gasteiger partial charge in [-0.05, 0) is 91.3 Å². The third kappa shape index (κ3) is 6.32. The third-order valence-corrected chi connectivity index (χ3v) is 6.40. The maximum Gasteiger partial charge on any atom is 0.343 e. The molecule has 2 aromatic carbocycles. The van der Waals surface area contributed by atoms with Crippen LogP contribution in [0.2, 0.25) is 0 Å². The molecule has 0 aromatic heterocycles. The van der Waals surface area contributed by atoms with Gasteiger partial charge in [-0.25, -0.2) is 4.79 Å². The highest BCUT2D eigenvalue weighted by molar-refractivity contribution is 5.91. The summed E-state index contributed by atoms with van der Waals surface area (Å²) in [6.45, 7) is 6.83. The van der Waals surface area contributed by atoms with Crippen LogP contribution >= 0.6 is 0 Å². The van der Waals surface area contributed by atoms with Crippen LogP contribution in [-0.2, 0) is 6.42 Å². The molecule has 0 radical (unpaired) electrons. The van der Waals surface area contributed by atoms with E-state index >= 15 is 0 Å². The predicted molar refractivity (Wildman–Crippen MR) is 126 cm³/mol. The number of esters is 1. The second kappa shape index (κ2) is 11.2. The van der Waals surface area contributed by atoms with Crippen molar-refractivity contribution in [1.29, 1.82) is 0 Å². The normalized spacial score (nSPS) is 17.3. The van der Waals surface area contributed by atoms with E-state index < -0.39 is 0 Å². The first-order valence-corrected chi connectivity index (χ1v) is 11.7. The maximum atomic E-state index is 12.5. The topological polar surface area (TPSA) is 26.3 Å². The number of unbranched alkanes of at least 4 members (excludes halogenated alkanes) is 1. The van der Waals surface area contributed by atoms with Crippen LogP contribution in [0.4, 0.5) is 0 Å². The van der Waals surface area contributed by atoms with Crippen molar-refractivity contribution in [2.45, 2.75) is 72.1 Å². The van der Waals surface area contributed by atoms with Crippen molar-refractivity contribution < 1.29 is 9.53 Å². The van der Waals surface area contributed by atoms with Crippen molar-refractivity contribution in [3.8, 4) is 5.75 Å². The molecule has 160 valence electrons. The van der Waals surface area contributed by atoms with Gasteiger partial charge in [0, 0.05) is 0 Å². The fraction of sp³-hybridized carbons (Fsp3) is 0.464. The van der Waals surface area contributed by atoms with E-state index in [-0.39, 0.29) is 5.97 Å². The Labute approximate surface area is 182 Å². The minimum atomic E-state index is -0.297. The van der Waals surface area contributed by atoms with Gasteiger partial charge in [-0.15, -0.1) is 0 Å². The van der Waals surface area contributed by atoms with E-state index in [1.807, 2.05) is 36.4 Å². The van der Waals surface area contributed by atoms with Crippen LogP contribution in [0.25, 0.3) is 5.57 Å². The molecule has 0 saturated carbocycles. The van der Waals surface area contributed by atoms with Crippen molar-refractivity contribution in [3.63, 3.8) is 0 Å². The highest BCUT2D eigenvalue weighted by atomic mass is 16.5. The molecule has 0 N–H and O–H groups in total. The predicted octanol–water partition coefficient (Wildman–Crippen LogP) is 7.87. The summed E-state index contributed by atoms with van der Waals surface area (Å²) in [5.41, 5.74) is 4.53. The summed E-state index contributed by atoms with van der Waals surface area (Å²) >= 11 is 0. The average molecular weight is 405 g/mol. The third-order valence-electron chi connectivity index (χ3n) is 6.40. The van der Waals surface area contributed by atoms with Crippen LogP contribution in [0.3, 0.4) is 0 Å². The van der Waals surface area contributed by atoms with E-state index in [0.29, 0.717) is 11.3 Å². The lowest BCUT2D eigenvalue weighted by molar-refractivity contribution is 0.0734. The Morgan fingerprint density at radius 1 is 1.07 bits per heavy atom. The lowest BCUT2D eigenvalue weighted by atomic mass is 9.81. The molecule has 3 rings (SSSR count). The summed E-state index contributed by atoms with van der Waals surface area (Å²) in [4.78, 5) is 12.5. The Hall–Kier alpha value is -2.35. The molecule has 0 heterocycles. The fourth-order valence-electron chi connectivity index (χ4n) is 4.19. The molecule has 0 fully saturated rings. The van der Waals surface area contributed by atoms with Gasteiger partial charge >= 0.3 is 5.97 Å². The van der Waals surface area contributed by atoms with Crippen molar-refractivity contribution in [2.75, 3.05) is 0 Å². The molecule has 0 saturated heterocycles. The van der Waals surface area contributed by atoms with Crippen LogP contribution in [0, 0.1) is 11.8 Å². The lowest BCUT2D eigenvalue weighted by Crippen LogP contribution is -2.10. The van der Waals surface area contributed by atoms with Gasteiger partial charge in [0.1, 0.15) is 5.75 Å². The lowest BCUT2D eigenvalue weighted by Gasteiger charge is -2.24. The number of ether oxygens (including phenoxy) is 1. The Morgan fingerprint density at radius 3 is 2.40 bits per heavy atom. The first kappa shape index (κ1) is 22.3. The number of rotatable bonds is 9. The number of hydrogen-bond donors (Lipinski definition) is 0. The van der Waals surface area contributed by atoms with Crippen LogP contribution < -0.4 is 4.74 Å². The first-order chi connectivity index (χ1) is 14.6. The van der Waals surface area contributed by atoms with Gasteiger partial charge in [0.15, 0.2) is 0 Å². The molecular weight excluding hydrogens is 368 g/mol. The van der Waals surface area contributed by atoms with Crippen LogP contribution in [0.5, 0.6) is 5.75 Å². The van der Waals surface area contributed by atoms with E-state index in [0.717, 1.165) is 24.7 Å². The number of benzene rings is 2. The monoisotopic (exact) mass is 404 g/mol.